The number of aromatic amines is 1. The van der Waals surface area contributed by atoms with E-state index in [2.05, 4.69) is 4.98 Å². The van der Waals surface area contributed by atoms with Crippen LogP contribution in [-0.2, 0) is 10.0 Å². The van der Waals surface area contributed by atoms with E-state index in [0.29, 0.717) is 35.0 Å². The smallest absolute Gasteiger partial charge is 0.305 e. The van der Waals surface area contributed by atoms with Crippen molar-refractivity contribution in [2.24, 2.45) is 0 Å². The molecule has 1 saturated heterocycles. The third-order valence-corrected chi connectivity index (χ3v) is 8.77. The first-order valence-electron chi connectivity index (χ1n) is 9.87. The lowest BCUT2D eigenvalue weighted by molar-refractivity contribution is 0.0667. The number of nitrogens with one attached hydrogen (secondary N) is 1. The fraction of sp³-hybridized carbons (Fsp3) is 0.400. The summed E-state index contributed by atoms with van der Waals surface area (Å²) in [6.45, 7) is 6.59. The van der Waals surface area contributed by atoms with E-state index in [1.165, 1.54) is 4.31 Å². The van der Waals surface area contributed by atoms with E-state index in [1.54, 1.807) is 24.0 Å². The van der Waals surface area contributed by atoms with Crippen molar-refractivity contribution >= 4 is 38.2 Å². The highest BCUT2D eigenvalue weighted by Crippen LogP contribution is 2.30. The highest BCUT2D eigenvalue weighted by molar-refractivity contribution is 7.91. The predicted molar refractivity (Wildman–Crippen MR) is 116 cm³/mol. The van der Waals surface area contributed by atoms with Gasteiger partial charge >= 0.3 is 4.87 Å². The number of aryl methyl sites for hydroxylation is 2. The summed E-state index contributed by atoms with van der Waals surface area (Å²) in [5.41, 5.74) is 1.66. The Hall–Kier alpha value is -2.63. The van der Waals surface area contributed by atoms with Gasteiger partial charge in [-0.15, -0.1) is 0 Å². The fourth-order valence-electron chi connectivity index (χ4n) is 3.69. The molecule has 0 saturated carbocycles. The normalized spacial score (nSPS) is 15.5. The van der Waals surface area contributed by atoms with Crippen molar-refractivity contribution in [1.82, 2.24) is 14.2 Å². The molecule has 1 N–H and O–H groups in total. The predicted octanol–water partition coefficient (Wildman–Crippen LogP) is 2.34. The minimum Gasteiger partial charge on any atom is -0.494 e. The Labute approximate surface area is 183 Å². The number of ether oxygens (including phenoxy) is 1. The van der Waals surface area contributed by atoms with Crippen molar-refractivity contribution in [3.63, 3.8) is 0 Å². The van der Waals surface area contributed by atoms with Crippen LogP contribution in [0.1, 0.15) is 28.7 Å². The molecule has 9 nitrogen and oxygen atoms in total. The summed E-state index contributed by atoms with van der Waals surface area (Å²) >= 11 is 0.681. The van der Waals surface area contributed by atoms with Crippen LogP contribution in [0.5, 0.6) is 5.75 Å². The van der Waals surface area contributed by atoms with E-state index in [4.69, 9.17) is 9.15 Å². The number of hydrogen-bond acceptors (Lipinski definition) is 7. The molecule has 1 aromatic carbocycles. The van der Waals surface area contributed by atoms with Crippen molar-refractivity contribution in [2.75, 3.05) is 32.8 Å². The SMILES string of the molecule is CCOc1ccc2oc(C(=O)N3CCN(S(=O)(=O)c4sc(=O)[nH]c4C)CC3)c(C)c2c1. The summed E-state index contributed by atoms with van der Waals surface area (Å²) in [4.78, 5) is 28.3. The molecule has 1 aliphatic rings. The minimum absolute atomic E-state index is 0.0236. The van der Waals surface area contributed by atoms with Crippen LogP contribution in [0.2, 0.25) is 0 Å². The van der Waals surface area contributed by atoms with Gasteiger partial charge in [-0.05, 0) is 39.0 Å². The first-order valence-corrected chi connectivity index (χ1v) is 12.1. The summed E-state index contributed by atoms with van der Waals surface area (Å²) in [5.74, 6) is 0.685. The lowest BCUT2D eigenvalue weighted by Crippen LogP contribution is -2.50. The molecule has 0 unspecified atom stereocenters. The topological polar surface area (TPSA) is 113 Å². The Morgan fingerprint density at radius 2 is 1.94 bits per heavy atom. The highest BCUT2D eigenvalue weighted by Gasteiger charge is 2.34. The molecule has 0 spiro atoms. The van der Waals surface area contributed by atoms with E-state index < -0.39 is 14.9 Å². The molecule has 3 heterocycles. The standard InChI is InChI=1S/C20H23N3O6S2/c1-4-28-14-5-6-16-15(11-14)12(2)17(29-16)18(24)22-7-9-23(10-8-22)31(26,27)19-13(3)21-20(25)30-19/h5-6,11H,4,7-10H2,1-3H3,(H,21,25). The molecular weight excluding hydrogens is 442 g/mol. The van der Waals surface area contributed by atoms with Gasteiger partial charge in [0.05, 0.1) is 6.61 Å². The van der Waals surface area contributed by atoms with Crippen molar-refractivity contribution in [1.29, 1.82) is 0 Å². The number of sulfonamides is 1. The first-order chi connectivity index (χ1) is 14.7. The second kappa shape index (κ2) is 8.13. The van der Waals surface area contributed by atoms with Crippen LogP contribution in [0.25, 0.3) is 11.0 Å². The number of furan rings is 1. The van der Waals surface area contributed by atoms with Crippen molar-refractivity contribution < 1.29 is 22.4 Å². The maximum Gasteiger partial charge on any atom is 0.305 e. The Kier molecular flexibility index (Phi) is 5.67. The van der Waals surface area contributed by atoms with Crippen molar-refractivity contribution in [3.05, 3.63) is 44.9 Å². The Morgan fingerprint density at radius 3 is 2.55 bits per heavy atom. The number of H-pyrrole nitrogens is 1. The number of amides is 1. The average molecular weight is 466 g/mol. The molecule has 0 bridgehead atoms. The quantitative estimate of drug-likeness (QED) is 0.619. The third kappa shape index (κ3) is 3.88. The number of rotatable bonds is 5. The third-order valence-electron chi connectivity index (χ3n) is 5.29. The van der Waals surface area contributed by atoms with Gasteiger partial charge in [-0.1, -0.05) is 11.3 Å². The van der Waals surface area contributed by atoms with E-state index in [1.807, 2.05) is 19.9 Å². The summed E-state index contributed by atoms with van der Waals surface area (Å²) in [7, 11) is -3.78. The van der Waals surface area contributed by atoms with Crippen LogP contribution < -0.4 is 9.61 Å². The van der Waals surface area contributed by atoms with Crippen LogP contribution in [0.3, 0.4) is 0 Å². The first kappa shape index (κ1) is 21.6. The van der Waals surface area contributed by atoms with Gasteiger partial charge in [0.25, 0.3) is 15.9 Å². The number of nitrogens with zero attached hydrogens (tertiary/aromatic N) is 2. The van der Waals surface area contributed by atoms with E-state index in [-0.39, 0.29) is 42.1 Å². The Bertz CT molecular complexity index is 1300. The molecule has 11 heteroatoms. The van der Waals surface area contributed by atoms with Gasteiger partial charge in [0, 0.05) is 42.8 Å². The second-order valence-corrected chi connectivity index (χ2v) is 10.4. The van der Waals surface area contributed by atoms with Crippen LogP contribution in [0.4, 0.5) is 0 Å². The van der Waals surface area contributed by atoms with Gasteiger partial charge < -0.3 is 19.0 Å². The molecule has 2 aromatic heterocycles. The molecule has 1 amide bonds. The maximum absolute atomic E-state index is 13.1. The van der Waals surface area contributed by atoms with Crippen LogP contribution in [-0.4, -0.2) is 61.3 Å². The molecule has 3 aromatic rings. The molecule has 4 rings (SSSR count). The molecule has 166 valence electrons. The lowest BCUT2D eigenvalue weighted by Gasteiger charge is -2.33. The largest absolute Gasteiger partial charge is 0.494 e. The van der Waals surface area contributed by atoms with Gasteiger partial charge in [-0.3, -0.25) is 9.59 Å². The van der Waals surface area contributed by atoms with Crippen molar-refractivity contribution in [2.45, 2.75) is 25.0 Å². The lowest BCUT2D eigenvalue weighted by atomic mass is 10.1. The number of carbonyl (C=O) groups excluding carboxylic acids is 1. The second-order valence-electron chi connectivity index (χ2n) is 7.27. The van der Waals surface area contributed by atoms with E-state index in [0.717, 1.165) is 10.9 Å². The monoisotopic (exact) mass is 465 g/mol. The van der Waals surface area contributed by atoms with Gasteiger partial charge in [-0.25, -0.2) is 8.42 Å². The maximum atomic E-state index is 13.1. The average Bonchev–Trinajstić information content (AvgIpc) is 3.27. The molecule has 0 atom stereocenters. The number of carbonyl (C=O) groups is 1. The Balaban J connectivity index is 1.51. The molecule has 1 aliphatic heterocycles. The molecule has 0 aliphatic carbocycles. The zero-order valence-corrected chi connectivity index (χ0v) is 19.1. The van der Waals surface area contributed by atoms with Crippen LogP contribution in [0.15, 0.2) is 31.6 Å². The summed E-state index contributed by atoms with van der Waals surface area (Å²) in [5, 5.41) is 0.813. The zero-order chi connectivity index (χ0) is 22.3. The number of aromatic nitrogens is 1. The number of thiazole rings is 1. The zero-order valence-electron chi connectivity index (χ0n) is 17.4. The number of hydrogen-bond donors (Lipinski definition) is 1. The molecular formula is C20H23N3O6S2. The van der Waals surface area contributed by atoms with Gasteiger partial charge in [0.15, 0.2) is 9.97 Å². The summed E-state index contributed by atoms with van der Waals surface area (Å²) in [6, 6.07) is 5.42. The van der Waals surface area contributed by atoms with E-state index in [9.17, 15) is 18.0 Å². The fourth-order valence-corrected chi connectivity index (χ4v) is 6.55. The summed E-state index contributed by atoms with van der Waals surface area (Å²) in [6.07, 6.45) is 0. The Morgan fingerprint density at radius 1 is 1.23 bits per heavy atom. The number of fused-ring (bicyclic) bond motifs is 1. The number of piperazine rings is 1. The minimum atomic E-state index is -3.78. The van der Waals surface area contributed by atoms with Gasteiger partial charge in [0.2, 0.25) is 0 Å². The van der Waals surface area contributed by atoms with Crippen molar-refractivity contribution in [3.8, 4) is 5.75 Å². The molecule has 0 radical (unpaired) electrons. The number of benzene rings is 1. The molecule has 1 fully saturated rings. The molecule has 31 heavy (non-hydrogen) atoms. The highest BCUT2D eigenvalue weighted by atomic mass is 32.2. The summed E-state index contributed by atoms with van der Waals surface area (Å²) < 4.78 is 38.4. The van der Waals surface area contributed by atoms with Gasteiger partial charge in [-0.2, -0.15) is 4.31 Å². The van der Waals surface area contributed by atoms with E-state index >= 15 is 0 Å². The van der Waals surface area contributed by atoms with Gasteiger partial charge in [0.1, 0.15) is 11.3 Å². The van der Waals surface area contributed by atoms with Crippen LogP contribution in [0, 0.1) is 13.8 Å². The van der Waals surface area contributed by atoms with Crippen LogP contribution >= 0.6 is 11.3 Å².